The molecule has 0 fully saturated rings. The lowest BCUT2D eigenvalue weighted by atomic mass is 10.4. The van der Waals surface area contributed by atoms with Gasteiger partial charge in [-0.3, -0.25) is 9.59 Å². The monoisotopic (exact) mass is 928 g/mol. The number of carbonyl (C=O) groups excluding carboxylic acids is 2. The number of carbonyl (C=O) groups is 2. The van der Waals surface area contributed by atoms with E-state index in [0.717, 1.165) is 47.1 Å². The third kappa shape index (κ3) is 22.8. The molecule has 0 aliphatic carbocycles. The fourth-order valence-electron chi connectivity index (χ4n) is 3.95. The molecule has 330 valence electrons. The molecule has 28 heteroatoms. The first-order chi connectivity index (χ1) is 25.3. The number of esters is 2. The predicted molar refractivity (Wildman–Crippen MR) is 198 cm³/mol. The number of ether oxygens (including phenoxy) is 2. The van der Waals surface area contributed by atoms with E-state index in [-0.39, 0.29) is 11.9 Å². The molecule has 0 aromatic heterocycles. The van der Waals surface area contributed by atoms with Crippen LogP contribution in [0, 0.1) is 0 Å². The van der Waals surface area contributed by atoms with Crippen molar-refractivity contribution in [2.45, 2.75) is 55.7 Å². The first-order valence-electron chi connectivity index (χ1n) is 16.3. The highest BCUT2D eigenvalue weighted by Crippen LogP contribution is 2.36. The Labute approximate surface area is 330 Å². The molecule has 0 saturated heterocycles. The van der Waals surface area contributed by atoms with E-state index < -0.39 is 48.7 Å². The second-order valence-electron chi connectivity index (χ2n) is 11.3. The average Bonchev–Trinajstić information content (AvgIpc) is 3.10. The zero-order valence-corrected chi connectivity index (χ0v) is 37.4. The number of thioether (sulfide) groups is 2. The van der Waals surface area contributed by atoms with Gasteiger partial charge in [0, 0.05) is 66.3 Å². The van der Waals surface area contributed by atoms with Gasteiger partial charge in [-0.2, -0.15) is 49.9 Å². The summed E-state index contributed by atoms with van der Waals surface area (Å²) in [6.07, 6.45) is 2.56. The molecule has 0 aliphatic rings. The molecule has 0 N–H and O–H groups in total. The minimum Gasteiger partial charge on any atom is -0.460 e. The highest BCUT2D eigenvalue weighted by atomic mass is 32.3. The van der Waals surface area contributed by atoms with Gasteiger partial charge >= 0.3 is 40.6 Å². The molecule has 0 spiro atoms. The second-order valence-corrected chi connectivity index (χ2v) is 23.3. The molecule has 0 unspecified atom stereocenters. The maximum absolute atomic E-state index is 12.1. The number of halogens is 6. The van der Waals surface area contributed by atoms with E-state index in [2.05, 4.69) is 14.0 Å². The van der Waals surface area contributed by atoms with E-state index >= 15 is 0 Å². The van der Waals surface area contributed by atoms with Crippen molar-refractivity contribution in [3.05, 3.63) is 4.13 Å². The van der Waals surface area contributed by atoms with Crippen LogP contribution in [0.2, 0.25) is 12.1 Å². The van der Waals surface area contributed by atoms with E-state index in [0.29, 0.717) is 55.1 Å². The number of sulfonamides is 2. The lowest BCUT2D eigenvalue weighted by Gasteiger charge is -2.32. The topological polar surface area (TPSA) is 190 Å². The van der Waals surface area contributed by atoms with Gasteiger partial charge in [-0.1, -0.05) is 0 Å². The SMILES string of the molecule is CC[N+](C)(CCOC(=O)CCSCCC[Si](OC)(OC)OC)CCOC(=O)CCSCCC[Si](OC)(OC)OC.O=S(=O)([N-]S(=O)(=O)C(F)(F)F)C(F)(F)F. The average molecular weight is 929 g/mol. The normalized spacial score (nSPS) is 13.3. The molecule has 55 heavy (non-hydrogen) atoms. The van der Waals surface area contributed by atoms with Crippen LogP contribution in [0.25, 0.3) is 4.13 Å². The molecule has 0 rings (SSSR count). The van der Waals surface area contributed by atoms with Gasteiger partial charge in [-0.15, -0.1) is 0 Å². The Kier molecular flexibility index (Phi) is 27.7. The number of likely N-dealkylation sites (N-methyl/N-ethyl adjacent to an activating group) is 1. The first-order valence-corrected chi connectivity index (χ1v) is 25.4. The van der Waals surface area contributed by atoms with Gasteiger partial charge in [0.25, 0.3) is 0 Å². The van der Waals surface area contributed by atoms with Crippen molar-refractivity contribution in [2.75, 3.05) is 106 Å². The molecule has 0 aromatic rings. The minimum atomic E-state index is -6.72. The van der Waals surface area contributed by atoms with Crippen molar-refractivity contribution in [3.63, 3.8) is 0 Å². The van der Waals surface area contributed by atoms with Crippen LogP contribution in [-0.4, -0.2) is 167 Å². The summed E-state index contributed by atoms with van der Waals surface area (Å²) in [4.78, 5) is 24.3. The largest absolute Gasteiger partial charge is 0.500 e. The molecule has 0 heterocycles. The number of nitrogens with zero attached hydrogens (tertiary/aromatic N) is 2. The Balaban J connectivity index is 0. The molecular formula is C27H54F6N2O14S4Si2. The molecule has 0 aliphatic heterocycles. The molecule has 16 nitrogen and oxygen atoms in total. The predicted octanol–water partition coefficient (Wildman–Crippen LogP) is 4.38. The molecule has 0 amide bonds. The molecule has 0 bridgehead atoms. The van der Waals surface area contributed by atoms with Crippen LogP contribution in [0.1, 0.15) is 32.6 Å². The zero-order chi connectivity index (χ0) is 43.0. The van der Waals surface area contributed by atoms with E-state index in [9.17, 15) is 52.8 Å². The third-order valence-corrected chi connectivity index (χ3v) is 18.2. The van der Waals surface area contributed by atoms with Crippen molar-refractivity contribution >= 4 is 73.1 Å². The van der Waals surface area contributed by atoms with Gasteiger partial charge in [0.2, 0.25) is 0 Å². The van der Waals surface area contributed by atoms with Crippen molar-refractivity contribution < 1.29 is 93.3 Å². The fourth-order valence-corrected chi connectivity index (χ4v) is 11.3. The second kappa shape index (κ2) is 27.1. The van der Waals surface area contributed by atoms with Crippen LogP contribution in [-0.2, 0) is 65.7 Å². The number of quaternary nitrogens is 1. The van der Waals surface area contributed by atoms with Gasteiger partial charge in [-0.25, -0.2) is 16.8 Å². The van der Waals surface area contributed by atoms with Gasteiger partial charge < -0.3 is 44.6 Å². The van der Waals surface area contributed by atoms with Crippen LogP contribution < -0.4 is 0 Å². The molecule has 0 saturated carbocycles. The minimum absolute atomic E-state index is 0.187. The summed E-state index contributed by atoms with van der Waals surface area (Å²) >= 11 is 3.42. The van der Waals surface area contributed by atoms with Crippen molar-refractivity contribution in [3.8, 4) is 0 Å². The van der Waals surface area contributed by atoms with Crippen LogP contribution in [0.15, 0.2) is 0 Å². The maximum atomic E-state index is 12.1. The maximum Gasteiger partial charge on any atom is 0.500 e. The van der Waals surface area contributed by atoms with Gasteiger partial charge in [-0.05, 0) is 31.3 Å². The summed E-state index contributed by atoms with van der Waals surface area (Å²) in [6, 6.07) is 1.49. The number of rotatable bonds is 29. The summed E-state index contributed by atoms with van der Waals surface area (Å²) in [7, 11) is -6.72. The highest BCUT2D eigenvalue weighted by Gasteiger charge is 2.47. The zero-order valence-electron chi connectivity index (χ0n) is 32.1. The van der Waals surface area contributed by atoms with Gasteiger partial charge in [0.1, 0.15) is 26.3 Å². The Morgan fingerprint density at radius 1 is 0.618 bits per heavy atom. The smallest absolute Gasteiger partial charge is 0.460 e. The van der Waals surface area contributed by atoms with Crippen LogP contribution in [0.5, 0.6) is 0 Å². The Hall–Kier alpha value is -0.766. The lowest BCUT2D eigenvalue weighted by molar-refractivity contribution is -0.908. The number of hydrogen-bond acceptors (Lipinski definition) is 16. The first kappa shape index (κ1) is 56.3. The van der Waals surface area contributed by atoms with E-state index in [1.807, 2.05) is 0 Å². The highest BCUT2D eigenvalue weighted by molar-refractivity contribution is 8.13. The summed E-state index contributed by atoms with van der Waals surface area (Å²) in [5.74, 6) is 2.86. The summed E-state index contributed by atoms with van der Waals surface area (Å²) < 4.78 is 153. The Morgan fingerprint density at radius 2 is 0.927 bits per heavy atom. The molecule has 0 radical (unpaired) electrons. The number of alkyl halides is 6. The van der Waals surface area contributed by atoms with Crippen LogP contribution >= 0.6 is 23.5 Å². The summed E-state index contributed by atoms with van der Waals surface area (Å²) in [5, 5.41) is 0. The summed E-state index contributed by atoms with van der Waals surface area (Å²) in [5.41, 5.74) is -12.4. The molecule has 0 aromatic carbocycles. The van der Waals surface area contributed by atoms with Gasteiger partial charge in [0.15, 0.2) is 20.0 Å². The Morgan fingerprint density at radius 3 is 1.18 bits per heavy atom. The van der Waals surface area contributed by atoms with Gasteiger partial charge in [0.05, 0.1) is 26.4 Å². The number of hydrogen-bond donors (Lipinski definition) is 0. The van der Waals surface area contributed by atoms with Crippen LogP contribution in [0.3, 0.4) is 0 Å². The lowest BCUT2D eigenvalue weighted by Crippen LogP contribution is -2.48. The third-order valence-electron chi connectivity index (χ3n) is 7.64. The molecule has 0 atom stereocenters. The molecular weight excluding hydrogens is 875 g/mol. The Bertz CT molecular complexity index is 1200. The van der Waals surface area contributed by atoms with Crippen LogP contribution in [0.4, 0.5) is 26.3 Å². The van der Waals surface area contributed by atoms with E-state index in [4.69, 9.17) is 36.0 Å². The quantitative estimate of drug-likeness (QED) is 0.0338. The van der Waals surface area contributed by atoms with Crippen molar-refractivity contribution in [1.82, 2.24) is 0 Å². The van der Waals surface area contributed by atoms with E-state index in [1.54, 1.807) is 66.2 Å². The standard InChI is InChI=1S/C25H54NO10S2Si2.C2F6NO4S2/c1-9-26(2,14-16-35-24(27)12-20-37-18-10-22-39(29-3,30-4)31-5)15-17-36-25(28)13-21-38-19-11-23-40(32-6,33-7)34-8;3-1(4,5)14(10,11)9-15(12,13)2(6,7)8/h9-23H2,1-8H3;/q+1;-1. The summed E-state index contributed by atoms with van der Waals surface area (Å²) in [6.45, 7) is 4.99. The van der Waals surface area contributed by atoms with Crippen molar-refractivity contribution in [2.24, 2.45) is 0 Å². The fraction of sp³-hybridized carbons (Fsp3) is 0.926. The van der Waals surface area contributed by atoms with Crippen molar-refractivity contribution in [1.29, 1.82) is 0 Å². The van der Waals surface area contributed by atoms with E-state index in [1.165, 1.54) is 0 Å².